The summed E-state index contributed by atoms with van der Waals surface area (Å²) in [5, 5.41) is 0.950. The largest absolute Gasteiger partial charge is 0.452 e. The minimum atomic E-state index is -0.791. The van der Waals surface area contributed by atoms with E-state index in [0.29, 0.717) is 15.6 Å². The van der Waals surface area contributed by atoms with Crippen molar-refractivity contribution in [2.75, 3.05) is 6.61 Å². The van der Waals surface area contributed by atoms with E-state index in [9.17, 15) is 14.4 Å². The maximum atomic E-state index is 11.8. The molecule has 0 aliphatic heterocycles. The molecule has 0 fully saturated rings. The van der Waals surface area contributed by atoms with Crippen LogP contribution < -0.4 is 10.9 Å². The van der Waals surface area contributed by atoms with E-state index in [4.69, 9.17) is 39.5 Å². The minimum absolute atomic E-state index is 0.0732. The Labute approximate surface area is 158 Å². The maximum Gasteiger partial charge on any atom is 0.340 e. The van der Waals surface area contributed by atoms with Crippen LogP contribution in [-0.4, -0.2) is 24.4 Å². The fourth-order valence-electron chi connectivity index (χ4n) is 1.70. The number of carbonyl (C=O) groups excluding carboxylic acids is 3. The first-order valence-electron chi connectivity index (χ1n) is 6.84. The summed E-state index contributed by atoms with van der Waals surface area (Å²) in [4.78, 5) is 35.3. The van der Waals surface area contributed by atoms with Crippen molar-refractivity contribution in [3.8, 4) is 0 Å². The van der Waals surface area contributed by atoms with Gasteiger partial charge in [0.2, 0.25) is 0 Å². The van der Waals surface area contributed by atoms with Crippen molar-refractivity contribution in [2.24, 2.45) is 0 Å². The lowest BCUT2D eigenvalue weighted by Crippen LogP contribution is -2.43. The molecule has 0 aliphatic carbocycles. The number of ether oxygens (including phenoxy) is 1. The molecule has 2 rings (SSSR count). The van der Waals surface area contributed by atoms with Crippen molar-refractivity contribution in [1.29, 1.82) is 0 Å². The Kier molecular flexibility index (Phi) is 6.64. The molecule has 130 valence electrons. The van der Waals surface area contributed by atoms with Gasteiger partial charge in [-0.05, 0) is 42.5 Å². The number of hydrazine groups is 1. The molecule has 0 unspecified atom stereocenters. The molecule has 2 N–H and O–H groups in total. The Morgan fingerprint density at radius 1 is 0.880 bits per heavy atom. The molecule has 25 heavy (non-hydrogen) atoms. The lowest BCUT2D eigenvalue weighted by atomic mass is 10.2. The van der Waals surface area contributed by atoms with Gasteiger partial charge in [-0.2, -0.15) is 0 Å². The van der Waals surface area contributed by atoms with E-state index in [1.54, 1.807) is 0 Å². The van der Waals surface area contributed by atoms with E-state index in [-0.39, 0.29) is 10.6 Å². The first-order valence-corrected chi connectivity index (χ1v) is 7.97. The fourth-order valence-corrected chi connectivity index (χ4v) is 2.31. The number of nitrogens with one attached hydrogen (secondary N) is 2. The number of benzene rings is 2. The SMILES string of the molecule is O=C(COC(=O)c1ccc(Cl)cc1Cl)NNC(=O)c1ccc(Cl)cc1. The third kappa shape index (κ3) is 5.63. The number of amides is 2. The molecule has 9 heteroatoms. The average Bonchev–Trinajstić information content (AvgIpc) is 2.58. The first-order chi connectivity index (χ1) is 11.9. The molecule has 2 aromatic carbocycles. The fraction of sp³-hybridized carbons (Fsp3) is 0.0625. The van der Waals surface area contributed by atoms with E-state index in [1.807, 2.05) is 0 Å². The lowest BCUT2D eigenvalue weighted by Gasteiger charge is -2.09. The predicted octanol–water partition coefficient (Wildman–Crippen LogP) is 3.26. The number of carbonyl (C=O) groups is 3. The van der Waals surface area contributed by atoms with Crippen LogP contribution in [0.15, 0.2) is 42.5 Å². The van der Waals surface area contributed by atoms with Gasteiger partial charge in [-0.25, -0.2) is 4.79 Å². The number of esters is 1. The standard InChI is InChI=1S/C16H11Cl3N2O4/c17-10-3-1-9(2-4-10)15(23)21-20-14(22)8-25-16(24)12-6-5-11(18)7-13(12)19/h1-7H,8H2,(H,20,22)(H,21,23). The Bertz CT molecular complexity index is 810. The van der Waals surface area contributed by atoms with Gasteiger partial charge in [-0.3, -0.25) is 20.4 Å². The third-order valence-corrected chi connectivity index (χ3v) is 3.71. The van der Waals surface area contributed by atoms with Crippen LogP contribution >= 0.6 is 34.8 Å². The van der Waals surface area contributed by atoms with Gasteiger partial charge in [-0.1, -0.05) is 34.8 Å². The van der Waals surface area contributed by atoms with E-state index in [2.05, 4.69) is 10.9 Å². The summed E-state index contributed by atoms with van der Waals surface area (Å²) >= 11 is 17.3. The minimum Gasteiger partial charge on any atom is -0.452 e. The van der Waals surface area contributed by atoms with Crippen molar-refractivity contribution < 1.29 is 19.1 Å². The Balaban J connectivity index is 1.81. The van der Waals surface area contributed by atoms with E-state index in [0.717, 1.165) is 0 Å². The summed E-state index contributed by atoms with van der Waals surface area (Å²) in [7, 11) is 0. The average molecular weight is 402 g/mol. The number of hydrogen-bond donors (Lipinski definition) is 2. The smallest absolute Gasteiger partial charge is 0.340 e. The van der Waals surface area contributed by atoms with Crippen molar-refractivity contribution in [2.45, 2.75) is 0 Å². The van der Waals surface area contributed by atoms with Crippen molar-refractivity contribution in [3.63, 3.8) is 0 Å². The van der Waals surface area contributed by atoms with Crippen LogP contribution in [-0.2, 0) is 9.53 Å². The second-order valence-electron chi connectivity index (χ2n) is 4.71. The molecule has 0 spiro atoms. The summed E-state index contributed by atoms with van der Waals surface area (Å²) in [6.07, 6.45) is 0. The van der Waals surface area contributed by atoms with Crippen LogP contribution in [0.2, 0.25) is 15.1 Å². The first kappa shape index (κ1) is 19.1. The lowest BCUT2D eigenvalue weighted by molar-refractivity contribution is -0.125. The molecule has 6 nitrogen and oxygen atoms in total. The molecular weight excluding hydrogens is 391 g/mol. The Morgan fingerprint density at radius 2 is 1.52 bits per heavy atom. The summed E-state index contributed by atoms with van der Waals surface area (Å²) < 4.78 is 4.82. The van der Waals surface area contributed by atoms with E-state index < -0.39 is 24.4 Å². The number of rotatable bonds is 4. The molecule has 0 radical (unpaired) electrons. The topological polar surface area (TPSA) is 84.5 Å². The Hall–Kier alpha value is -2.28. The van der Waals surface area contributed by atoms with Gasteiger partial charge in [-0.15, -0.1) is 0 Å². The van der Waals surface area contributed by atoms with Gasteiger partial charge in [0, 0.05) is 15.6 Å². The molecule has 0 bridgehead atoms. The van der Waals surface area contributed by atoms with Crippen LogP contribution in [0.4, 0.5) is 0 Å². The van der Waals surface area contributed by atoms with Crippen LogP contribution in [0, 0.1) is 0 Å². The van der Waals surface area contributed by atoms with Gasteiger partial charge < -0.3 is 4.74 Å². The molecule has 0 heterocycles. The van der Waals surface area contributed by atoms with Crippen LogP contribution in [0.1, 0.15) is 20.7 Å². The van der Waals surface area contributed by atoms with Gasteiger partial charge in [0.1, 0.15) is 0 Å². The molecule has 0 saturated heterocycles. The molecule has 2 aromatic rings. The molecule has 0 aromatic heterocycles. The quantitative estimate of drug-likeness (QED) is 0.608. The van der Waals surface area contributed by atoms with Gasteiger partial charge in [0.05, 0.1) is 10.6 Å². The third-order valence-electron chi connectivity index (χ3n) is 2.91. The normalized spacial score (nSPS) is 10.0. The van der Waals surface area contributed by atoms with Gasteiger partial charge in [0.25, 0.3) is 11.8 Å². The monoisotopic (exact) mass is 400 g/mol. The maximum absolute atomic E-state index is 11.8. The van der Waals surface area contributed by atoms with Crippen molar-refractivity contribution in [1.82, 2.24) is 10.9 Å². The second kappa shape index (κ2) is 8.71. The Morgan fingerprint density at radius 3 is 2.16 bits per heavy atom. The molecule has 2 amide bonds. The number of hydrogen-bond acceptors (Lipinski definition) is 4. The zero-order valence-electron chi connectivity index (χ0n) is 12.5. The van der Waals surface area contributed by atoms with Crippen LogP contribution in [0.25, 0.3) is 0 Å². The highest BCUT2D eigenvalue weighted by Gasteiger charge is 2.14. The van der Waals surface area contributed by atoms with E-state index in [1.165, 1.54) is 42.5 Å². The van der Waals surface area contributed by atoms with Crippen molar-refractivity contribution >= 4 is 52.6 Å². The van der Waals surface area contributed by atoms with Gasteiger partial charge in [0.15, 0.2) is 6.61 Å². The predicted molar refractivity (Wildman–Crippen MR) is 93.8 cm³/mol. The molecule has 0 saturated carbocycles. The van der Waals surface area contributed by atoms with E-state index >= 15 is 0 Å². The second-order valence-corrected chi connectivity index (χ2v) is 5.99. The number of halogens is 3. The summed E-state index contributed by atoms with van der Waals surface area (Å²) in [6, 6.07) is 10.3. The van der Waals surface area contributed by atoms with Crippen LogP contribution in [0.5, 0.6) is 0 Å². The summed E-state index contributed by atoms with van der Waals surface area (Å²) in [5.41, 5.74) is 4.68. The summed E-state index contributed by atoms with van der Waals surface area (Å²) in [6.45, 7) is -0.599. The van der Waals surface area contributed by atoms with Crippen molar-refractivity contribution in [3.05, 3.63) is 68.7 Å². The highest BCUT2D eigenvalue weighted by molar-refractivity contribution is 6.36. The molecule has 0 aliphatic rings. The van der Waals surface area contributed by atoms with Crippen LogP contribution in [0.3, 0.4) is 0 Å². The highest BCUT2D eigenvalue weighted by Crippen LogP contribution is 2.21. The molecular formula is C16H11Cl3N2O4. The zero-order chi connectivity index (χ0) is 18.4. The summed E-state index contributed by atoms with van der Waals surface area (Å²) in [5.74, 6) is -2.06. The zero-order valence-corrected chi connectivity index (χ0v) is 14.8. The van der Waals surface area contributed by atoms with Gasteiger partial charge >= 0.3 is 5.97 Å². The molecule has 0 atom stereocenters. The highest BCUT2D eigenvalue weighted by atomic mass is 35.5.